The minimum Gasteiger partial charge on any atom is -0.508 e. The van der Waals surface area contributed by atoms with Gasteiger partial charge in [-0.25, -0.2) is 0 Å². The van der Waals surface area contributed by atoms with E-state index in [-0.39, 0.29) is 35.3 Å². The molecule has 0 saturated heterocycles. The van der Waals surface area contributed by atoms with Crippen molar-refractivity contribution in [1.29, 1.82) is 0 Å². The SMILES string of the molecule is Cc1c(O)cccc1C=O.[Na]. The molecule has 1 rings (SSSR count). The first kappa shape index (κ1) is 10.7. The average molecular weight is 159 g/mol. The minimum absolute atomic E-state index is 0. The molecule has 0 amide bonds. The molecule has 0 aliphatic heterocycles. The van der Waals surface area contributed by atoms with Crippen LogP contribution in [0.3, 0.4) is 0 Å². The zero-order valence-electron chi connectivity index (χ0n) is 6.66. The monoisotopic (exact) mass is 159 g/mol. The Bertz CT molecular complexity index is 258. The fraction of sp³-hybridized carbons (Fsp3) is 0.125. The summed E-state index contributed by atoms with van der Waals surface area (Å²) < 4.78 is 0. The van der Waals surface area contributed by atoms with Gasteiger partial charge in [0.25, 0.3) is 0 Å². The number of benzene rings is 1. The molecular formula is C8H8NaO2. The molecule has 0 aromatic heterocycles. The predicted octanol–water partition coefficient (Wildman–Crippen LogP) is 1.13. The third-order valence-corrected chi connectivity index (χ3v) is 1.47. The van der Waals surface area contributed by atoms with Crippen LogP contribution in [0, 0.1) is 6.92 Å². The van der Waals surface area contributed by atoms with Crippen molar-refractivity contribution in [3.63, 3.8) is 0 Å². The van der Waals surface area contributed by atoms with Gasteiger partial charge in [-0.05, 0) is 13.0 Å². The van der Waals surface area contributed by atoms with Gasteiger partial charge in [-0.15, -0.1) is 0 Å². The van der Waals surface area contributed by atoms with Crippen molar-refractivity contribution in [3.05, 3.63) is 29.3 Å². The summed E-state index contributed by atoms with van der Waals surface area (Å²) in [6.07, 6.45) is 0.731. The quantitative estimate of drug-likeness (QED) is 0.492. The van der Waals surface area contributed by atoms with Crippen molar-refractivity contribution in [3.8, 4) is 5.75 Å². The number of carbonyl (C=O) groups excluding carboxylic acids is 1. The first-order chi connectivity index (χ1) is 4.75. The summed E-state index contributed by atoms with van der Waals surface area (Å²) in [5.41, 5.74) is 1.18. The Kier molecular flexibility index (Phi) is 4.42. The van der Waals surface area contributed by atoms with E-state index in [0.717, 1.165) is 6.29 Å². The minimum atomic E-state index is 0. The fourth-order valence-electron chi connectivity index (χ4n) is 0.768. The van der Waals surface area contributed by atoms with Crippen molar-refractivity contribution in [2.24, 2.45) is 0 Å². The Balaban J connectivity index is 0.000001000. The molecule has 0 heterocycles. The summed E-state index contributed by atoms with van der Waals surface area (Å²) >= 11 is 0. The van der Waals surface area contributed by atoms with E-state index in [1.54, 1.807) is 25.1 Å². The summed E-state index contributed by atoms with van der Waals surface area (Å²) in [6.45, 7) is 1.71. The molecular weight excluding hydrogens is 151 g/mol. The van der Waals surface area contributed by atoms with Crippen LogP contribution in [0.5, 0.6) is 5.75 Å². The van der Waals surface area contributed by atoms with E-state index in [1.807, 2.05) is 0 Å². The number of aromatic hydroxyl groups is 1. The van der Waals surface area contributed by atoms with Gasteiger partial charge in [0.05, 0.1) is 0 Å². The Morgan fingerprint density at radius 3 is 2.55 bits per heavy atom. The maximum absolute atomic E-state index is 10.3. The standard InChI is InChI=1S/C8H8O2.Na/c1-6-7(5-9)3-2-4-8(6)10;/h2-5,10H,1H3;. The molecule has 0 fully saturated rings. The number of hydrogen-bond donors (Lipinski definition) is 1. The number of hydrogen-bond acceptors (Lipinski definition) is 2. The number of aldehydes is 1. The van der Waals surface area contributed by atoms with E-state index in [0.29, 0.717) is 11.1 Å². The summed E-state index contributed by atoms with van der Waals surface area (Å²) in [5.74, 6) is 0.171. The van der Waals surface area contributed by atoms with E-state index in [4.69, 9.17) is 5.11 Å². The van der Waals surface area contributed by atoms with Crippen LogP contribution in [0.1, 0.15) is 15.9 Å². The second kappa shape index (κ2) is 4.54. The normalized spacial score (nSPS) is 8.45. The van der Waals surface area contributed by atoms with Crippen LogP contribution in [0.2, 0.25) is 0 Å². The van der Waals surface area contributed by atoms with Gasteiger partial charge in [-0.2, -0.15) is 0 Å². The fourth-order valence-corrected chi connectivity index (χ4v) is 0.768. The van der Waals surface area contributed by atoms with E-state index >= 15 is 0 Å². The van der Waals surface area contributed by atoms with Gasteiger partial charge in [0.2, 0.25) is 0 Å². The first-order valence-corrected chi connectivity index (χ1v) is 2.99. The first-order valence-electron chi connectivity index (χ1n) is 2.99. The second-order valence-electron chi connectivity index (χ2n) is 2.11. The van der Waals surface area contributed by atoms with Crippen LogP contribution in [0.15, 0.2) is 18.2 Å². The van der Waals surface area contributed by atoms with Gasteiger partial charge in [0.1, 0.15) is 12.0 Å². The molecule has 0 unspecified atom stereocenters. The Morgan fingerprint density at radius 1 is 1.45 bits per heavy atom. The maximum Gasteiger partial charge on any atom is 0.150 e. The number of rotatable bonds is 1. The van der Waals surface area contributed by atoms with Crippen molar-refractivity contribution >= 4 is 35.8 Å². The molecule has 0 bridgehead atoms. The van der Waals surface area contributed by atoms with Gasteiger partial charge >= 0.3 is 0 Å². The molecule has 3 heteroatoms. The van der Waals surface area contributed by atoms with Crippen molar-refractivity contribution < 1.29 is 9.90 Å². The van der Waals surface area contributed by atoms with Crippen LogP contribution >= 0.6 is 0 Å². The number of phenols is 1. The molecule has 0 aliphatic rings. The van der Waals surface area contributed by atoms with E-state index < -0.39 is 0 Å². The van der Waals surface area contributed by atoms with E-state index in [9.17, 15) is 4.79 Å². The molecule has 0 atom stereocenters. The van der Waals surface area contributed by atoms with Gasteiger partial charge < -0.3 is 5.11 Å². The summed E-state index contributed by atoms with van der Waals surface area (Å²) in [6, 6.07) is 4.87. The zero-order chi connectivity index (χ0) is 7.56. The summed E-state index contributed by atoms with van der Waals surface area (Å²) in [5, 5.41) is 9.07. The smallest absolute Gasteiger partial charge is 0.150 e. The molecule has 11 heavy (non-hydrogen) atoms. The third kappa shape index (κ3) is 2.33. The Hall–Kier alpha value is -0.310. The van der Waals surface area contributed by atoms with Crippen molar-refractivity contribution in [1.82, 2.24) is 0 Å². The summed E-state index contributed by atoms with van der Waals surface area (Å²) in [4.78, 5) is 10.3. The molecule has 53 valence electrons. The molecule has 1 aromatic carbocycles. The van der Waals surface area contributed by atoms with Crippen molar-refractivity contribution in [2.45, 2.75) is 6.92 Å². The molecule has 0 spiro atoms. The number of carbonyl (C=O) groups is 1. The van der Waals surface area contributed by atoms with Crippen LogP contribution in [0.25, 0.3) is 0 Å². The predicted molar refractivity (Wildman–Crippen MR) is 44.0 cm³/mol. The van der Waals surface area contributed by atoms with Crippen LogP contribution < -0.4 is 0 Å². The molecule has 0 saturated carbocycles. The van der Waals surface area contributed by atoms with E-state index in [2.05, 4.69) is 0 Å². The van der Waals surface area contributed by atoms with Gasteiger partial charge in [0.15, 0.2) is 0 Å². The third-order valence-electron chi connectivity index (χ3n) is 1.47. The van der Waals surface area contributed by atoms with E-state index in [1.165, 1.54) is 0 Å². The molecule has 1 N–H and O–H groups in total. The number of phenolic OH excluding ortho intramolecular Hbond substituents is 1. The molecule has 0 aliphatic carbocycles. The Labute approximate surface area is 87.5 Å². The van der Waals surface area contributed by atoms with Gasteiger partial charge in [-0.3, -0.25) is 4.79 Å². The topological polar surface area (TPSA) is 37.3 Å². The van der Waals surface area contributed by atoms with Crippen molar-refractivity contribution in [2.75, 3.05) is 0 Å². The largest absolute Gasteiger partial charge is 0.508 e. The molecule has 2 nitrogen and oxygen atoms in total. The van der Waals surface area contributed by atoms with Gasteiger partial charge in [0, 0.05) is 40.7 Å². The maximum atomic E-state index is 10.3. The van der Waals surface area contributed by atoms with Gasteiger partial charge in [-0.1, -0.05) is 12.1 Å². The van der Waals surface area contributed by atoms with Crippen LogP contribution in [-0.2, 0) is 0 Å². The molecule has 1 radical (unpaired) electrons. The summed E-state index contributed by atoms with van der Waals surface area (Å²) in [7, 11) is 0. The average Bonchev–Trinajstić information content (AvgIpc) is 1.95. The molecule has 1 aromatic rings. The second-order valence-corrected chi connectivity index (χ2v) is 2.11. The van der Waals surface area contributed by atoms with Crippen LogP contribution in [0.4, 0.5) is 0 Å². The van der Waals surface area contributed by atoms with Crippen LogP contribution in [-0.4, -0.2) is 40.9 Å². The Morgan fingerprint density at radius 2 is 2.09 bits per heavy atom. The zero-order valence-corrected chi connectivity index (χ0v) is 8.66.